The number of para-hydroxylation sites is 1. The van der Waals surface area contributed by atoms with E-state index in [0.29, 0.717) is 23.0 Å². The molecule has 3 nitrogen and oxygen atoms in total. The summed E-state index contributed by atoms with van der Waals surface area (Å²) in [6, 6.07) is 13.7. The quantitative estimate of drug-likeness (QED) is 0.680. The monoisotopic (exact) mass is 266 g/mol. The van der Waals surface area contributed by atoms with Gasteiger partial charge in [-0.25, -0.2) is 9.07 Å². The van der Waals surface area contributed by atoms with Crippen LogP contribution in [-0.4, -0.2) is 16.1 Å². The molecule has 0 atom stereocenters. The number of carbonyl (C=O) groups excluding carboxylic acids is 1. The smallest absolute Gasteiger partial charge is 0.150 e. The maximum atomic E-state index is 13.4. The summed E-state index contributed by atoms with van der Waals surface area (Å²) < 4.78 is 15.0. The van der Waals surface area contributed by atoms with Crippen LogP contribution in [0.3, 0.4) is 0 Å². The first-order valence-corrected chi connectivity index (χ1v) is 6.13. The minimum absolute atomic E-state index is 0.377. The van der Waals surface area contributed by atoms with Gasteiger partial charge in [0.25, 0.3) is 0 Å². The van der Waals surface area contributed by atoms with Crippen molar-refractivity contribution in [2.45, 2.75) is 0 Å². The second-order valence-corrected chi connectivity index (χ2v) is 4.36. The zero-order valence-electron chi connectivity index (χ0n) is 10.5. The Bertz CT molecular complexity index is 750. The summed E-state index contributed by atoms with van der Waals surface area (Å²) in [4.78, 5) is 11.0. The predicted molar refractivity (Wildman–Crippen MR) is 74.3 cm³/mol. The van der Waals surface area contributed by atoms with E-state index in [1.165, 1.54) is 18.2 Å². The summed E-state index contributed by atoms with van der Waals surface area (Å²) in [5.41, 5.74) is 2.60. The SMILES string of the molecule is O=Cc1ccc(F)cc1-c1cnn(-c2ccccc2)c1. The first kappa shape index (κ1) is 12.3. The van der Waals surface area contributed by atoms with E-state index in [4.69, 9.17) is 0 Å². The van der Waals surface area contributed by atoms with E-state index in [0.717, 1.165) is 5.69 Å². The average molecular weight is 266 g/mol. The van der Waals surface area contributed by atoms with Gasteiger partial charge in [-0.1, -0.05) is 18.2 Å². The molecule has 0 saturated heterocycles. The molecule has 0 bridgehead atoms. The number of benzene rings is 2. The second kappa shape index (κ2) is 5.09. The lowest BCUT2D eigenvalue weighted by molar-refractivity contribution is 0.112. The summed E-state index contributed by atoms with van der Waals surface area (Å²) in [6.07, 6.45) is 4.11. The third kappa shape index (κ3) is 2.23. The number of carbonyl (C=O) groups is 1. The van der Waals surface area contributed by atoms with Crippen LogP contribution in [0.15, 0.2) is 60.9 Å². The molecule has 0 saturated carbocycles. The van der Waals surface area contributed by atoms with Gasteiger partial charge in [0.15, 0.2) is 6.29 Å². The van der Waals surface area contributed by atoms with E-state index in [1.54, 1.807) is 17.1 Å². The normalized spacial score (nSPS) is 10.4. The number of aldehydes is 1. The van der Waals surface area contributed by atoms with Gasteiger partial charge in [0, 0.05) is 17.3 Å². The Labute approximate surface area is 115 Å². The van der Waals surface area contributed by atoms with Crippen LogP contribution in [0.1, 0.15) is 10.4 Å². The van der Waals surface area contributed by atoms with Gasteiger partial charge < -0.3 is 0 Å². The van der Waals surface area contributed by atoms with Crippen LogP contribution in [0.5, 0.6) is 0 Å². The first-order chi connectivity index (χ1) is 9.78. The largest absolute Gasteiger partial charge is 0.298 e. The van der Waals surface area contributed by atoms with Gasteiger partial charge in [-0.2, -0.15) is 5.10 Å². The fourth-order valence-corrected chi connectivity index (χ4v) is 2.07. The predicted octanol–water partition coefficient (Wildman–Crippen LogP) is 3.49. The van der Waals surface area contributed by atoms with Crippen LogP contribution >= 0.6 is 0 Å². The van der Waals surface area contributed by atoms with Crippen LogP contribution < -0.4 is 0 Å². The van der Waals surface area contributed by atoms with Crippen LogP contribution in [0.2, 0.25) is 0 Å². The van der Waals surface area contributed by atoms with Gasteiger partial charge >= 0.3 is 0 Å². The van der Waals surface area contributed by atoms with Crippen molar-refractivity contribution in [3.63, 3.8) is 0 Å². The molecule has 0 unspecified atom stereocenters. The summed E-state index contributed by atoms with van der Waals surface area (Å²) in [7, 11) is 0. The summed E-state index contributed by atoms with van der Waals surface area (Å²) in [6.45, 7) is 0. The van der Waals surface area contributed by atoms with Crippen molar-refractivity contribution in [1.82, 2.24) is 9.78 Å². The Morgan fingerprint density at radius 3 is 2.65 bits per heavy atom. The van der Waals surface area contributed by atoms with E-state index in [2.05, 4.69) is 5.10 Å². The van der Waals surface area contributed by atoms with Crippen molar-refractivity contribution < 1.29 is 9.18 Å². The van der Waals surface area contributed by atoms with E-state index in [9.17, 15) is 9.18 Å². The third-order valence-corrected chi connectivity index (χ3v) is 3.06. The van der Waals surface area contributed by atoms with Crippen LogP contribution in [0.4, 0.5) is 4.39 Å². The fourth-order valence-electron chi connectivity index (χ4n) is 2.07. The highest BCUT2D eigenvalue weighted by Crippen LogP contribution is 2.24. The highest BCUT2D eigenvalue weighted by atomic mass is 19.1. The average Bonchev–Trinajstić information content (AvgIpc) is 2.98. The summed E-state index contributed by atoms with van der Waals surface area (Å²) >= 11 is 0. The molecule has 0 fully saturated rings. The number of nitrogens with zero attached hydrogens (tertiary/aromatic N) is 2. The first-order valence-electron chi connectivity index (χ1n) is 6.13. The zero-order chi connectivity index (χ0) is 13.9. The molecule has 4 heteroatoms. The molecule has 20 heavy (non-hydrogen) atoms. The van der Waals surface area contributed by atoms with Crippen molar-refractivity contribution in [1.29, 1.82) is 0 Å². The topological polar surface area (TPSA) is 34.9 Å². The van der Waals surface area contributed by atoms with Crippen LogP contribution in [0.25, 0.3) is 16.8 Å². The van der Waals surface area contributed by atoms with Gasteiger partial charge in [0.1, 0.15) is 5.82 Å². The number of halogens is 1. The van der Waals surface area contributed by atoms with Crippen molar-refractivity contribution in [3.05, 3.63) is 72.3 Å². The summed E-state index contributed by atoms with van der Waals surface area (Å²) in [5, 5.41) is 4.25. The lowest BCUT2D eigenvalue weighted by Gasteiger charge is -2.02. The van der Waals surface area contributed by atoms with Crippen molar-refractivity contribution in [3.8, 4) is 16.8 Å². The zero-order valence-corrected chi connectivity index (χ0v) is 10.5. The molecule has 0 radical (unpaired) electrons. The molecule has 1 aromatic heterocycles. The second-order valence-electron chi connectivity index (χ2n) is 4.36. The van der Waals surface area contributed by atoms with E-state index < -0.39 is 0 Å². The van der Waals surface area contributed by atoms with Gasteiger partial charge in [-0.05, 0) is 35.9 Å². The minimum atomic E-state index is -0.377. The number of hydrogen-bond donors (Lipinski definition) is 0. The van der Waals surface area contributed by atoms with Gasteiger partial charge in [-0.15, -0.1) is 0 Å². The van der Waals surface area contributed by atoms with Gasteiger partial charge in [0.05, 0.1) is 11.9 Å². The standard InChI is InChI=1S/C16H11FN2O/c17-14-7-6-12(11-20)16(8-14)13-9-18-19(10-13)15-4-2-1-3-5-15/h1-11H. The minimum Gasteiger partial charge on any atom is -0.298 e. The van der Waals surface area contributed by atoms with Gasteiger partial charge in [0.2, 0.25) is 0 Å². The lowest BCUT2D eigenvalue weighted by atomic mass is 10.0. The highest BCUT2D eigenvalue weighted by Gasteiger charge is 2.09. The molecule has 0 aliphatic heterocycles. The van der Waals surface area contributed by atoms with Gasteiger partial charge in [-0.3, -0.25) is 4.79 Å². The van der Waals surface area contributed by atoms with Crippen molar-refractivity contribution >= 4 is 6.29 Å². The molecule has 0 N–H and O–H groups in total. The van der Waals surface area contributed by atoms with Crippen LogP contribution in [0, 0.1) is 5.82 Å². The molecule has 1 heterocycles. The molecule has 0 spiro atoms. The van der Waals surface area contributed by atoms with E-state index in [-0.39, 0.29) is 5.82 Å². The van der Waals surface area contributed by atoms with Crippen molar-refractivity contribution in [2.75, 3.05) is 0 Å². The lowest BCUT2D eigenvalue weighted by Crippen LogP contribution is -1.92. The Hall–Kier alpha value is -2.75. The molecule has 3 aromatic rings. The Morgan fingerprint density at radius 1 is 1.10 bits per heavy atom. The summed E-state index contributed by atoms with van der Waals surface area (Å²) in [5.74, 6) is -0.377. The highest BCUT2D eigenvalue weighted by molar-refractivity contribution is 5.87. The molecule has 0 aliphatic rings. The molecule has 2 aromatic carbocycles. The maximum Gasteiger partial charge on any atom is 0.150 e. The molecule has 98 valence electrons. The molecule has 0 amide bonds. The molecular formula is C16H11FN2O. The molecule has 3 rings (SSSR count). The van der Waals surface area contributed by atoms with E-state index in [1.807, 2.05) is 30.3 Å². The Morgan fingerprint density at radius 2 is 1.90 bits per heavy atom. The maximum absolute atomic E-state index is 13.4. The fraction of sp³-hybridized carbons (Fsp3) is 0. The molecular weight excluding hydrogens is 255 g/mol. The Balaban J connectivity index is 2.07. The number of rotatable bonds is 3. The third-order valence-electron chi connectivity index (χ3n) is 3.06. The van der Waals surface area contributed by atoms with E-state index >= 15 is 0 Å². The molecule has 0 aliphatic carbocycles. The van der Waals surface area contributed by atoms with Crippen LogP contribution in [-0.2, 0) is 0 Å². The number of hydrogen-bond acceptors (Lipinski definition) is 2. The van der Waals surface area contributed by atoms with Crippen molar-refractivity contribution in [2.24, 2.45) is 0 Å². The number of aromatic nitrogens is 2. The Kier molecular flexibility index (Phi) is 3.13.